The topological polar surface area (TPSA) is 18.5 Å². The molecule has 2 aliphatic carbocycles. The number of ether oxygens (including phenoxy) is 2. The van der Waals surface area contributed by atoms with Crippen molar-refractivity contribution < 1.29 is 18.3 Å². The monoisotopic (exact) mass is 446 g/mol. The molecule has 1 aromatic rings. The van der Waals surface area contributed by atoms with Crippen molar-refractivity contribution in [3.63, 3.8) is 0 Å². The molecule has 0 N–H and O–H groups in total. The van der Waals surface area contributed by atoms with Crippen LogP contribution in [0, 0.1) is 35.3 Å². The van der Waals surface area contributed by atoms with Gasteiger partial charge < -0.3 is 9.47 Å². The zero-order valence-corrected chi connectivity index (χ0v) is 19.8. The summed E-state index contributed by atoms with van der Waals surface area (Å²) in [7, 11) is 0. The van der Waals surface area contributed by atoms with Crippen LogP contribution in [0.15, 0.2) is 24.3 Å². The molecule has 3 aliphatic rings. The molecule has 178 valence electrons. The summed E-state index contributed by atoms with van der Waals surface area (Å²) in [4.78, 5) is 0. The molecule has 1 aromatic carbocycles. The number of allylic oxidation sites excluding steroid dienone is 2. The summed E-state index contributed by atoms with van der Waals surface area (Å²) < 4.78 is 40.3. The maximum Gasteiger partial charge on any atom is 0.200 e. The number of rotatable bonds is 6. The van der Waals surface area contributed by atoms with Crippen molar-refractivity contribution in [2.24, 2.45) is 23.7 Å². The van der Waals surface area contributed by atoms with Gasteiger partial charge in [0.2, 0.25) is 5.82 Å². The zero-order valence-electron chi connectivity index (χ0n) is 19.8. The van der Waals surface area contributed by atoms with Gasteiger partial charge in [-0.15, -0.1) is 0 Å². The van der Waals surface area contributed by atoms with E-state index in [0.29, 0.717) is 24.7 Å². The first kappa shape index (κ1) is 23.7. The van der Waals surface area contributed by atoms with Crippen LogP contribution in [0.3, 0.4) is 0 Å². The van der Waals surface area contributed by atoms with Crippen molar-refractivity contribution in [3.05, 3.63) is 41.5 Å². The van der Waals surface area contributed by atoms with Gasteiger partial charge in [0.15, 0.2) is 11.6 Å². The van der Waals surface area contributed by atoms with E-state index in [-0.39, 0.29) is 17.8 Å². The highest BCUT2D eigenvalue weighted by Crippen LogP contribution is 2.44. The minimum absolute atomic E-state index is 0.00423. The Morgan fingerprint density at radius 3 is 2.12 bits per heavy atom. The molecule has 4 heteroatoms. The van der Waals surface area contributed by atoms with E-state index in [1.165, 1.54) is 51.4 Å². The fourth-order valence-corrected chi connectivity index (χ4v) is 6.59. The van der Waals surface area contributed by atoms with Crippen molar-refractivity contribution in [2.75, 3.05) is 13.2 Å². The Morgan fingerprint density at radius 2 is 1.53 bits per heavy atom. The van der Waals surface area contributed by atoms with Gasteiger partial charge in [0.05, 0.1) is 19.3 Å². The molecule has 32 heavy (non-hydrogen) atoms. The maximum atomic E-state index is 14.6. The highest BCUT2D eigenvalue weighted by atomic mass is 19.2. The van der Waals surface area contributed by atoms with Gasteiger partial charge in [-0.3, -0.25) is 0 Å². The molecule has 1 aliphatic heterocycles. The van der Waals surface area contributed by atoms with Crippen LogP contribution in [0.2, 0.25) is 0 Å². The third-order valence-electron chi connectivity index (χ3n) is 8.42. The van der Waals surface area contributed by atoms with Crippen LogP contribution in [-0.2, 0) is 4.74 Å². The highest BCUT2D eigenvalue weighted by Gasteiger charge is 2.36. The lowest BCUT2D eigenvalue weighted by molar-refractivity contribution is -0.0467. The molecular formula is C28H40F2O2. The molecule has 0 aromatic heterocycles. The lowest BCUT2D eigenvalue weighted by atomic mass is 9.68. The Kier molecular flexibility index (Phi) is 8.26. The first-order valence-corrected chi connectivity index (χ1v) is 13.0. The molecule has 0 spiro atoms. The molecule has 3 fully saturated rings. The summed E-state index contributed by atoms with van der Waals surface area (Å²) in [5, 5.41) is 0. The molecular weight excluding hydrogens is 406 g/mol. The first-order chi connectivity index (χ1) is 15.6. The van der Waals surface area contributed by atoms with E-state index < -0.39 is 11.6 Å². The van der Waals surface area contributed by atoms with Crippen LogP contribution in [0.1, 0.15) is 89.5 Å². The van der Waals surface area contributed by atoms with Gasteiger partial charge in [0, 0.05) is 5.92 Å². The van der Waals surface area contributed by atoms with Gasteiger partial charge in [-0.05, 0) is 113 Å². The lowest BCUT2D eigenvalue weighted by Crippen LogP contribution is -2.35. The first-order valence-electron chi connectivity index (χ1n) is 13.0. The summed E-state index contributed by atoms with van der Waals surface area (Å²) in [5.41, 5.74) is 0.432. The lowest BCUT2D eigenvalue weighted by Gasteiger charge is -2.41. The van der Waals surface area contributed by atoms with Gasteiger partial charge >= 0.3 is 0 Å². The number of halogens is 2. The van der Waals surface area contributed by atoms with E-state index in [9.17, 15) is 8.78 Å². The van der Waals surface area contributed by atoms with Gasteiger partial charge in [-0.2, -0.15) is 4.39 Å². The van der Waals surface area contributed by atoms with Crippen molar-refractivity contribution in [1.29, 1.82) is 0 Å². The molecule has 1 saturated heterocycles. The summed E-state index contributed by atoms with van der Waals surface area (Å²) in [6.45, 7) is 4.72. The summed E-state index contributed by atoms with van der Waals surface area (Å²) in [6.07, 6.45) is 17.4. The van der Waals surface area contributed by atoms with Crippen molar-refractivity contribution >= 4 is 0 Å². The molecule has 4 rings (SSSR count). The van der Waals surface area contributed by atoms with Gasteiger partial charge in [0.25, 0.3) is 0 Å². The molecule has 0 bridgehead atoms. The van der Waals surface area contributed by atoms with E-state index in [1.807, 2.05) is 0 Å². The molecule has 2 atom stereocenters. The largest absolute Gasteiger partial charge is 0.491 e. The Labute approximate surface area is 192 Å². The fourth-order valence-electron chi connectivity index (χ4n) is 6.59. The average molecular weight is 447 g/mol. The van der Waals surface area contributed by atoms with Crippen LogP contribution in [0.5, 0.6) is 5.75 Å². The minimum Gasteiger partial charge on any atom is -0.491 e. The number of benzene rings is 1. The SMILES string of the molecule is CC=CC1CCC(C2CCC(C3CCC(c4ccc(OCC)c(F)c4F)CO3)CC2)CC1. The summed E-state index contributed by atoms with van der Waals surface area (Å²) >= 11 is 0. The van der Waals surface area contributed by atoms with Crippen LogP contribution >= 0.6 is 0 Å². The zero-order chi connectivity index (χ0) is 22.5. The Morgan fingerprint density at radius 1 is 0.875 bits per heavy atom. The second-order valence-electron chi connectivity index (χ2n) is 10.2. The number of hydrogen-bond donors (Lipinski definition) is 0. The third kappa shape index (κ3) is 5.38. The Balaban J connectivity index is 1.24. The van der Waals surface area contributed by atoms with E-state index in [0.717, 1.165) is 30.6 Å². The minimum atomic E-state index is -0.871. The second kappa shape index (κ2) is 11.1. The van der Waals surface area contributed by atoms with Crippen LogP contribution < -0.4 is 4.74 Å². The predicted molar refractivity (Wildman–Crippen MR) is 125 cm³/mol. The maximum absolute atomic E-state index is 14.6. The summed E-state index contributed by atoms with van der Waals surface area (Å²) in [5.74, 6) is 1.55. The van der Waals surface area contributed by atoms with Gasteiger partial charge in [-0.25, -0.2) is 4.39 Å². The molecule has 2 saturated carbocycles. The van der Waals surface area contributed by atoms with Crippen LogP contribution in [-0.4, -0.2) is 19.3 Å². The molecule has 2 nitrogen and oxygen atoms in total. The normalized spacial score (nSPS) is 34.0. The van der Waals surface area contributed by atoms with E-state index in [1.54, 1.807) is 19.1 Å². The Bertz CT molecular complexity index is 753. The van der Waals surface area contributed by atoms with Crippen molar-refractivity contribution in [1.82, 2.24) is 0 Å². The Hall–Kier alpha value is -1.42. The molecule has 2 unspecified atom stereocenters. The van der Waals surface area contributed by atoms with Gasteiger partial charge in [0.1, 0.15) is 0 Å². The van der Waals surface area contributed by atoms with E-state index in [4.69, 9.17) is 9.47 Å². The average Bonchev–Trinajstić information content (AvgIpc) is 2.83. The molecule has 0 radical (unpaired) electrons. The highest BCUT2D eigenvalue weighted by molar-refractivity contribution is 5.33. The standard InChI is InChI=1S/C28H40F2O2/c1-3-5-19-6-8-20(9-7-19)21-10-12-22(13-11-21)25-16-14-23(18-32-25)24-15-17-26(31-4-2)28(30)27(24)29/h3,5,15,17,19-23,25H,4,6-14,16,18H2,1-2H3. The van der Waals surface area contributed by atoms with Gasteiger partial charge in [-0.1, -0.05) is 18.2 Å². The number of hydrogen-bond acceptors (Lipinski definition) is 2. The smallest absolute Gasteiger partial charge is 0.200 e. The quantitative estimate of drug-likeness (QED) is 0.415. The molecule has 1 heterocycles. The predicted octanol–water partition coefficient (Wildman–Crippen LogP) is 7.82. The fraction of sp³-hybridized carbons (Fsp3) is 0.714. The van der Waals surface area contributed by atoms with Crippen molar-refractivity contribution in [3.8, 4) is 5.75 Å². The second-order valence-corrected chi connectivity index (χ2v) is 10.2. The summed E-state index contributed by atoms with van der Waals surface area (Å²) in [6, 6.07) is 3.23. The van der Waals surface area contributed by atoms with Crippen LogP contribution in [0.4, 0.5) is 8.78 Å². The molecule has 0 amide bonds. The van der Waals surface area contributed by atoms with Crippen molar-refractivity contribution in [2.45, 2.75) is 90.1 Å². The van der Waals surface area contributed by atoms with E-state index in [2.05, 4.69) is 19.1 Å². The third-order valence-corrected chi connectivity index (χ3v) is 8.42. The van der Waals surface area contributed by atoms with E-state index >= 15 is 0 Å². The van der Waals surface area contributed by atoms with Crippen LogP contribution in [0.25, 0.3) is 0 Å².